The van der Waals surface area contributed by atoms with Gasteiger partial charge in [-0.05, 0) is 42.9 Å². The van der Waals surface area contributed by atoms with Crippen molar-refractivity contribution in [3.8, 4) is 0 Å². The van der Waals surface area contributed by atoms with E-state index in [2.05, 4.69) is 39.4 Å². The van der Waals surface area contributed by atoms with Crippen LogP contribution < -0.4 is 5.32 Å². The molecule has 4 heteroatoms. The molecule has 0 radical (unpaired) electrons. The van der Waals surface area contributed by atoms with Gasteiger partial charge in [0.1, 0.15) is 0 Å². The Morgan fingerprint density at radius 1 is 1.19 bits per heavy atom. The van der Waals surface area contributed by atoms with Crippen molar-refractivity contribution in [3.63, 3.8) is 0 Å². The van der Waals surface area contributed by atoms with Crippen LogP contribution in [0.3, 0.4) is 0 Å². The molecule has 2 amide bonds. The Hall–Kier alpha value is -1.16. The largest absolute Gasteiger partial charge is 0.296 e. The summed E-state index contributed by atoms with van der Waals surface area (Å²) in [5, 5.41) is 2.54. The maximum atomic E-state index is 12.4. The van der Waals surface area contributed by atoms with E-state index < -0.39 is 0 Å². The van der Waals surface area contributed by atoms with Crippen LogP contribution in [0.5, 0.6) is 0 Å². The number of rotatable bonds is 2. The lowest BCUT2D eigenvalue weighted by molar-refractivity contribution is -0.138. The van der Waals surface area contributed by atoms with E-state index in [1.165, 1.54) is 18.4 Å². The van der Waals surface area contributed by atoms with Gasteiger partial charge in [-0.15, -0.1) is 0 Å². The highest BCUT2D eigenvalue weighted by Gasteiger charge is 2.42. The predicted octanol–water partition coefficient (Wildman–Crippen LogP) is 3.69. The Bertz CT molecular complexity index is 578. The minimum Gasteiger partial charge on any atom is -0.296 e. The number of imide groups is 1. The van der Waals surface area contributed by atoms with E-state index >= 15 is 0 Å². The van der Waals surface area contributed by atoms with E-state index in [0.717, 1.165) is 22.9 Å². The van der Waals surface area contributed by atoms with Crippen molar-refractivity contribution in [1.82, 2.24) is 5.32 Å². The van der Waals surface area contributed by atoms with Gasteiger partial charge in [-0.25, -0.2) is 0 Å². The summed E-state index contributed by atoms with van der Waals surface area (Å²) in [4.78, 5) is 24.3. The van der Waals surface area contributed by atoms with Crippen LogP contribution in [-0.2, 0) is 9.59 Å². The lowest BCUT2D eigenvalue weighted by Crippen LogP contribution is -2.47. The quantitative estimate of drug-likeness (QED) is 0.827. The van der Waals surface area contributed by atoms with Crippen molar-refractivity contribution in [1.29, 1.82) is 0 Å². The molecule has 2 fully saturated rings. The van der Waals surface area contributed by atoms with E-state index in [1.807, 2.05) is 6.92 Å². The molecular weight excluding hydrogens is 330 g/mol. The molecule has 21 heavy (non-hydrogen) atoms. The summed E-state index contributed by atoms with van der Waals surface area (Å²) in [5.41, 5.74) is 2.27. The molecule has 1 saturated heterocycles. The van der Waals surface area contributed by atoms with Gasteiger partial charge in [0, 0.05) is 22.7 Å². The molecular formula is C17H20BrNO2. The van der Waals surface area contributed by atoms with Crippen LogP contribution in [0.2, 0.25) is 0 Å². The molecule has 3 rings (SSSR count). The Kier molecular flexibility index (Phi) is 4.16. The van der Waals surface area contributed by atoms with Crippen molar-refractivity contribution in [2.24, 2.45) is 11.8 Å². The summed E-state index contributed by atoms with van der Waals surface area (Å²) in [6, 6.07) is 6.19. The molecule has 2 aliphatic rings. The van der Waals surface area contributed by atoms with Gasteiger partial charge in [0.25, 0.3) is 0 Å². The van der Waals surface area contributed by atoms with E-state index in [0.29, 0.717) is 12.3 Å². The summed E-state index contributed by atoms with van der Waals surface area (Å²) in [7, 11) is 0. The van der Waals surface area contributed by atoms with E-state index in [4.69, 9.17) is 0 Å². The fourth-order valence-corrected chi connectivity index (χ4v) is 4.66. The molecule has 0 spiro atoms. The van der Waals surface area contributed by atoms with Gasteiger partial charge in [0.15, 0.2) is 0 Å². The second kappa shape index (κ2) is 5.91. The van der Waals surface area contributed by atoms with Gasteiger partial charge in [-0.3, -0.25) is 14.9 Å². The highest BCUT2D eigenvalue weighted by Crippen LogP contribution is 2.44. The Morgan fingerprint density at radius 3 is 2.57 bits per heavy atom. The SMILES string of the molecule is Cc1ccc(C2CC(=O)NC(=O)C2C2CCCC2)c(Br)c1. The molecule has 1 saturated carbocycles. The third-order valence-corrected chi connectivity index (χ3v) is 5.55. The molecule has 1 heterocycles. The van der Waals surface area contributed by atoms with Gasteiger partial charge in [-0.2, -0.15) is 0 Å². The third kappa shape index (κ3) is 2.91. The molecule has 1 aromatic rings. The normalized spacial score (nSPS) is 27.0. The first kappa shape index (κ1) is 14.8. The van der Waals surface area contributed by atoms with Gasteiger partial charge < -0.3 is 0 Å². The predicted molar refractivity (Wildman–Crippen MR) is 84.8 cm³/mol. The molecule has 1 aliphatic heterocycles. The average molecular weight is 350 g/mol. The number of amides is 2. The van der Waals surface area contributed by atoms with Gasteiger partial charge >= 0.3 is 0 Å². The lowest BCUT2D eigenvalue weighted by Gasteiger charge is -2.34. The standard InChI is InChI=1S/C17H20BrNO2/c1-10-6-7-12(14(18)8-10)13-9-15(20)19-17(21)16(13)11-4-2-3-5-11/h6-8,11,13,16H,2-5,9H2,1H3,(H,19,20,21). The van der Waals surface area contributed by atoms with Crippen LogP contribution >= 0.6 is 15.9 Å². The smallest absolute Gasteiger partial charge is 0.230 e. The fraction of sp³-hybridized carbons (Fsp3) is 0.529. The summed E-state index contributed by atoms with van der Waals surface area (Å²) in [5.74, 6) is 0.132. The van der Waals surface area contributed by atoms with Crippen LogP contribution in [0.15, 0.2) is 22.7 Å². The van der Waals surface area contributed by atoms with E-state index in [1.54, 1.807) is 0 Å². The summed E-state index contributed by atoms with van der Waals surface area (Å²) >= 11 is 3.62. The summed E-state index contributed by atoms with van der Waals surface area (Å²) in [6.07, 6.45) is 5.02. The second-order valence-corrected chi connectivity index (χ2v) is 7.17. The topological polar surface area (TPSA) is 46.2 Å². The first-order valence-corrected chi connectivity index (χ1v) is 8.45. The number of hydrogen-bond donors (Lipinski definition) is 1. The first-order chi connectivity index (χ1) is 10.1. The monoisotopic (exact) mass is 349 g/mol. The zero-order chi connectivity index (χ0) is 15.0. The Labute approximate surface area is 133 Å². The molecule has 1 N–H and O–H groups in total. The number of nitrogens with one attached hydrogen (secondary N) is 1. The van der Waals surface area contributed by atoms with E-state index in [-0.39, 0.29) is 23.7 Å². The number of benzene rings is 1. The number of carbonyl (C=O) groups is 2. The molecule has 0 bridgehead atoms. The van der Waals surface area contributed by atoms with Crippen LogP contribution in [0.1, 0.15) is 49.1 Å². The first-order valence-electron chi connectivity index (χ1n) is 7.66. The Balaban J connectivity index is 1.98. The minimum atomic E-state index is -0.147. The third-order valence-electron chi connectivity index (χ3n) is 4.87. The van der Waals surface area contributed by atoms with Crippen molar-refractivity contribution >= 4 is 27.7 Å². The molecule has 3 nitrogen and oxygen atoms in total. The number of halogens is 1. The molecule has 2 atom stereocenters. The number of aryl methyl sites for hydroxylation is 1. The highest BCUT2D eigenvalue weighted by molar-refractivity contribution is 9.10. The van der Waals surface area contributed by atoms with Crippen LogP contribution in [-0.4, -0.2) is 11.8 Å². The zero-order valence-corrected chi connectivity index (χ0v) is 13.8. The number of carbonyl (C=O) groups excluding carboxylic acids is 2. The molecule has 1 aromatic carbocycles. The lowest BCUT2D eigenvalue weighted by atomic mass is 9.73. The van der Waals surface area contributed by atoms with Crippen molar-refractivity contribution in [3.05, 3.63) is 33.8 Å². The van der Waals surface area contributed by atoms with Crippen molar-refractivity contribution < 1.29 is 9.59 Å². The summed E-state index contributed by atoms with van der Waals surface area (Å²) < 4.78 is 1.01. The molecule has 1 aliphatic carbocycles. The van der Waals surface area contributed by atoms with Crippen molar-refractivity contribution in [2.75, 3.05) is 0 Å². The van der Waals surface area contributed by atoms with Crippen LogP contribution in [0.25, 0.3) is 0 Å². The second-order valence-electron chi connectivity index (χ2n) is 6.32. The maximum Gasteiger partial charge on any atom is 0.230 e. The van der Waals surface area contributed by atoms with Crippen LogP contribution in [0, 0.1) is 18.8 Å². The minimum absolute atomic E-state index is 0.00400. The van der Waals surface area contributed by atoms with Crippen molar-refractivity contribution in [2.45, 2.75) is 44.9 Å². The van der Waals surface area contributed by atoms with Gasteiger partial charge in [0.05, 0.1) is 0 Å². The maximum absolute atomic E-state index is 12.4. The highest BCUT2D eigenvalue weighted by atomic mass is 79.9. The van der Waals surface area contributed by atoms with E-state index in [9.17, 15) is 9.59 Å². The molecule has 112 valence electrons. The van der Waals surface area contributed by atoms with Gasteiger partial charge in [-0.1, -0.05) is 40.9 Å². The molecule has 2 unspecified atom stereocenters. The number of hydrogen-bond acceptors (Lipinski definition) is 2. The Morgan fingerprint density at radius 2 is 1.90 bits per heavy atom. The average Bonchev–Trinajstić information content (AvgIpc) is 2.91. The van der Waals surface area contributed by atoms with Crippen LogP contribution in [0.4, 0.5) is 0 Å². The van der Waals surface area contributed by atoms with Gasteiger partial charge in [0.2, 0.25) is 11.8 Å². The summed E-state index contributed by atoms with van der Waals surface area (Å²) in [6.45, 7) is 2.04. The molecule has 0 aromatic heterocycles. The zero-order valence-electron chi connectivity index (χ0n) is 12.2. The number of piperidine rings is 1. The fourth-order valence-electron chi connectivity index (χ4n) is 3.88.